The maximum Gasteiger partial charge on any atom is 0.416 e. The first kappa shape index (κ1) is 26.6. The summed E-state index contributed by atoms with van der Waals surface area (Å²) in [5.41, 5.74) is 0.452. The summed E-state index contributed by atoms with van der Waals surface area (Å²) in [7, 11) is 0. The number of benzene rings is 2. The van der Waals surface area contributed by atoms with Crippen LogP contribution in [-0.4, -0.2) is 68.6 Å². The maximum absolute atomic E-state index is 13.6. The molecule has 2 fully saturated rings. The lowest BCUT2D eigenvalue weighted by molar-refractivity contribution is -0.228. The van der Waals surface area contributed by atoms with E-state index in [2.05, 4.69) is 21.6 Å². The molecule has 0 radical (unpaired) electrons. The molecule has 5 nitrogen and oxygen atoms in total. The highest BCUT2D eigenvalue weighted by molar-refractivity contribution is 5.27. The molecule has 36 heavy (non-hydrogen) atoms. The molecule has 2 aliphatic heterocycles. The van der Waals surface area contributed by atoms with E-state index in [0.29, 0.717) is 45.0 Å². The number of alkyl halides is 3. The Kier molecular flexibility index (Phi) is 8.99. The van der Waals surface area contributed by atoms with Crippen molar-refractivity contribution in [3.63, 3.8) is 0 Å². The third kappa shape index (κ3) is 7.05. The van der Waals surface area contributed by atoms with E-state index < -0.39 is 30.2 Å². The second-order valence-corrected chi connectivity index (χ2v) is 8.85. The number of nitrogens with zero attached hydrogens (tertiary/aromatic N) is 2. The zero-order chi connectivity index (χ0) is 25.5. The van der Waals surface area contributed by atoms with Crippen LogP contribution in [0.3, 0.4) is 0 Å². The molecule has 9 heteroatoms. The number of hydrogen-bond acceptors (Lipinski definition) is 5. The SMILES string of the molecule is CC(OC1OCCN(CC#CCN2CCOCC2)C1c1ccc(F)cc1)c1cccc(C(F)(F)F)c1. The highest BCUT2D eigenvalue weighted by atomic mass is 19.4. The van der Waals surface area contributed by atoms with Gasteiger partial charge in [0.05, 0.1) is 50.6 Å². The lowest BCUT2D eigenvalue weighted by atomic mass is 10.0. The Morgan fingerprint density at radius 2 is 1.72 bits per heavy atom. The lowest BCUT2D eigenvalue weighted by Crippen LogP contribution is -2.46. The summed E-state index contributed by atoms with van der Waals surface area (Å²) in [5, 5.41) is 0. The van der Waals surface area contributed by atoms with Crippen molar-refractivity contribution < 1.29 is 31.8 Å². The average molecular weight is 507 g/mol. The number of halogens is 4. The first-order valence-electron chi connectivity index (χ1n) is 12.0. The van der Waals surface area contributed by atoms with Gasteiger partial charge in [0.15, 0.2) is 6.29 Å². The lowest BCUT2D eigenvalue weighted by Gasteiger charge is -2.41. The van der Waals surface area contributed by atoms with Gasteiger partial charge in [-0.25, -0.2) is 4.39 Å². The number of rotatable bonds is 6. The van der Waals surface area contributed by atoms with Gasteiger partial charge in [-0.15, -0.1) is 0 Å². The molecule has 3 unspecified atom stereocenters. The van der Waals surface area contributed by atoms with Crippen molar-refractivity contribution in [1.82, 2.24) is 9.80 Å². The van der Waals surface area contributed by atoms with Gasteiger partial charge in [-0.05, 0) is 42.3 Å². The highest BCUT2D eigenvalue weighted by Crippen LogP contribution is 2.35. The van der Waals surface area contributed by atoms with Crippen LogP contribution in [0, 0.1) is 17.7 Å². The summed E-state index contributed by atoms with van der Waals surface area (Å²) >= 11 is 0. The Labute approximate surface area is 208 Å². The fourth-order valence-corrected chi connectivity index (χ4v) is 4.34. The zero-order valence-electron chi connectivity index (χ0n) is 20.1. The molecule has 0 saturated carbocycles. The van der Waals surface area contributed by atoms with Crippen LogP contribution < -0.4 is 0 Å². The quantitative estimate of drug-likeness (QED) is 0.421. The van der Waals surface area contributed by atoms with Crippen LogP contribution in [0.25, 0.3) is 0 Å². The van der Waals surface area contributed by atoms with Crippen LogP contribution in [-0.2, 0) is 20.4 Å². The van der Waals surface area contributed by atoms with Crippen molar-refractivity contribution in [1.29, 1.82) is 0 Å². The minimum absolute atomic E-state index is 0.359. The summed E-state index contributed by atoms with van der Waals surface area (Å²) in [5.74, 6) is 6.08. The molecule has 2 aromatic rings. The Bertz CT molecular complexity index is 1050. The van der Waals surface area contributed by atoms with Crippen molar-refractivity contribution in [3.05, 3.63) is 71.0 Å². The van der Waals surface area contributed by atoms with Crippen molar-refractivity contribution in [2.45, 2.75) is 31.5 Å². The molecule has 2 heterocycles. The van der Waals surface area contributed by atoms with Gasteiger partial charge in [0.25, 0.3) is 0 Å². The van der Waals surface area contributed by atoms with E-state index in [-0.39, 0.29) is 5.82 Å². The van der Waals surface area contributed by atoms with Gasteiger partial charge in [-0.2, -0.15) is 13.2 Å². The van der Waals surface area contributed by atoms with Crippen molar-refractivity contribution >= 4 is 0 Å². The second-order valence-electron chi connectivity index (χ2n) is 8.85. The highest BCUT2D eigenvalue weighted by Gasteiger charge is 2.36. The van der Waals surface area contributed by atoms with Crippen LogP contribution in [0.1, 0.15) is 35.8 Å². The third-order valence-corrected chi connectivity index (χ3v) is 6.36. The molecule has 0 aliphatic carbocycles. The van der Waals surface area contributed by atoms with E-state index >= 15 is 0 Å². The molecule has 0 amide bonds. The van der Waals surface area contributed by atoms with Crippen LogP contribution in [0.15, 0.2) is 48.5 Å². The summed E-state index contributed by atoms with van der Waals surface area (Å²) in [4.78, 5) is 4.34. The van der Waals surface area contributed by atoms with Gasteiger partial charge < -0.3 is 14.2 Å². The number of morpholine rings is 2. The fourth-order valence-electron chi connectivity index (χ4n) is 4.34. The zero-order valence-corrected chi connectivity index (χ0v) is 20.1. The van der Waals surface area contributed by atoms with Crippen molar-refractivity contribution in [2.24, 2.45) is 0 Å². The molecular weight excluding hydrogens is 476 g/mol. The van der Waals surface area contributed by atoms with Crippen LogP contribution in [0.5, 0.6) is 0 Å². The first-order valence-corrected chi connectivity index (χ1v) is 12.0. The Morgan fingerprint density at radius 1 is 1.00 bits per heavy atom. The summed E-state index contributed by atoms with van der Waals surface area (Å²) in [6, 6.07) is 10.8. The topological polar surface area (TPSA) is 34.2 Å². The molecule has 3 atom stereocenters. The van der Waals surface area contributed by atoms with Gasteiger partial charge in [-0.3, -0.25) is 9.80 Å². The molecule has 0 aromatic heterocycles. The average Bonchev–Trinajstić information content (AvgIpc) is 2.88. The van der Waals surface area contributed by atoms with Crippen molar-refractivity contribution in [2.75, 3.05) is 52.5 Å². The van der Waals surface area contributed by atoms with Crippen LogP contribution in [0.2, 0.25) is 0 Å². The molecule has 4 rings (SSSR count). The predicted molar refractivity (Wildman–Crippen MR) is 126 cm³/mol. The second kappa shape index (κ2) is 12.2. The summed E-state index contributed by atoms with van der Waals surface area (Å²) < 4.78 is 70.7. The summed E-state index contributed by atoms with van der Waals surface area (Å²) in [6.07, 6.45) is -5.87. The smallest absolute Gasteiger partial charge is 0.379 e. The predicted octanol–water partition coefficient (Wildman–Crippen LogP) is 4.66. The molecule has 0 bridgehead atoms. The summed E-state index contributed by atoms with van der Waals surface area (Å²) in [6.45, 7) is 6.90. The monoisotopic (exact) mass is 506 g/mol. The fraction of sp³-hybridized carbons (Fsp3) is 0.481. The first-order chi connectivity index (χ1) is 17.3. The van der Waals surface area contributed by atoms with Gasteiger partial charge in [0, 0.05) is 19.6 Å². The largest absolute Gasteiger partial charge is 0.416 e. The van der Waals surface area contributed by atoms with Crippen molar-refractivity contribution in [3.8, 4) is 11.8 Å². The standard InChI is InChI=1S/C27H30F4N2O3/c1-20(22-5-4-6-23(19-22)27(29,30)31)36-26-25(21-7-9-24(28)10-8-21)33(15-18-35-26)12-3-2-11-32-13-16-34-17-14-32/h4-10,19-20,25-26H,11-18H2,1H3. The van der Waals surface area contributed by atoms with E-state index in [9.17, 15) is 17.6 Å². The Morgan fingerprint density at radius 3 is 2.44 bits per heavy atom. The molecule has 0 spiro atoms. The number of hydrogen-bond donors (Lipinski definition) is 0. The molecule has 194 valence electrons. The van der Waals surface area contributed by atoms with E-state index in [0.717, 1.165) is 30.8 Å². The van der Waals surface area contributed by atoms with E-state index in [1.165, 1.54) is 18.2 Å². The molecule has 2 aromatic carbocycles. The molecule has 2 aliphatic rings. The van der Waals surface area contributed by atoms with Crippen LogP contribution >= 0.6 is 0 Å². The normalized spacial score (nSPS) is 22.6. The van der Waals surface area contributed by atoms with E-state index in [1.54, 1.807) is 25.1 Å². The Hall–Kier alpha value is -2.48. The Balaban J connectivity index is 1.50. The molecule has 0 N–H and O–H groups in total. The van der Waals surface area contributed by atoms with Crippen LogP contribution in [0.4, 0.5) is 17.6 Å². The van der Waals surface area contributed by atoms with Gasteiger partial charge in [0.2, 0.25) is 0 Å². The third-order valence-electron chi connectivity index (χ3n) is 6.36. The molecular formula is C27H30F4N2O3. The van der Waals surface area contributed by atoms with Gasteiger partial charge >= 0.3 is 6.18 Å². The van der Waals surface area contributed by atoms with E-state index in [4.69, 9.17) is 14.2 Å². The maximum atomic E-state index is 13.6. The van der Waals surface area contributed by atoms with E-state index in [1.807, 2.05) is 0 Å². The minimum Gasteiger partial charge on any atom is -0.379 e. The van der Waals surface area contributed by atoms with Gasteiger partial charge in [0.1, 0.15) is 5.82 Å². The number of ether oxygens (including phenoxy) is 3. The molecule has 2 saturated heterocycles. The van der Waals surface area contributed by atoms with Gasteiger partial charge in [-0.1, -0.05) is 36.1 Å². The minimum atomic E-state index is -4.44.